The van der Waals surface area contributed by atoms with E-state index in [1.165, 1.54) is 0 Å². The molecule has 0 spiro atoms. The van der Waals surface area contributed by atoms with E-state index in [1.807, 2.05) is 25.1 Å². The molecule has 1 rings (SSSR count). The monoisotopic (exact) mass is 251 g/mol. The van der Waals surface area contributed by atoms with Gasteiger partial charge in [-0.3, -0.25) is 0 Å². The number of nitrogens with two attached hydrogens (primary N) is 1. The third kappa shape index (κ3) is 6.03. The number of hydrogen-bond acceptors (Lipinski definition) is 3. The lowest BCUT2D eigenvalue weighted by Gasteiger charge is -2.13. The zero-order chi connectivity index (χ0) is 13.4. The third-order valence-electron chi connectivity index (χ3n) is 2.45. The van der Waals surface area contributed by atoms with Gasteiger partial charge in [-0.25, -0.2) is 0 Å². The topological polar surface area (TPSA) is 44.5 Å². The molecule has 0 aliphatic rings. The second-order valence-corrected chi connectivity index (χ2v) is 5.11. The molecule has 0 amide bonds. The fraction of sp³-hybridized carbons (Fsp3) is 0.600. The van der Waals surface area contributed by atoms with Gasteiger partial charge in [-0.2, -0.15) is 0 Å². The SMILES string of the molecule is CC(C)COCCOc1ccccc1CC(C)N. The lowest BCUT2D eigenvalue weighted by molar-refractivity contribution is 0.0816. The molecule has 18 heavy (non-hydrogen) atoms. The van der Waals surface area contributed by atoms with Gasteiger partial charge in [-0.15, -0.1) is 0 Å². The molecule has 1 aromatic carbocycles. The molecule has 2 N–H and O–H groups in total. The van der Waals surface area contributed by atoms with Crippen LogP contribution in [0.1, 0.15) is 26.3 Å². The highest BCUT2D eigenvalue weighted by Crippen LogP contribution is 2.19. The summed E-state index contributed by atoms with van der Waals surface area (Å²) in [5.74, 6) is 1.48. The largest absolute Gasteiger partial charge is 0.491 e. The molecule has 3 heteroatoms. The fourth-order valence-electron chi connectivity index (χ4n) is 1.69. The summed E-state index contributed by atoms with van der Waals surface area (Å²) in [5, 5.41) is 0. The molecule has 0 saturated carbocycles. The molecule has 1 atom stereocenters. The lowest BCUT2D eigenvalue weighted by Crippen LogP contribution is -2.18. The number of hydrogen-bond donors (Lipinski definition) is 1. The summed E-state index contributed by atoms with van der Waals surface area (Å²) in [6, 6.07) is 8.19. The van der Waals surface area contributed by atoms with E-state index in [2.05, 4.69) is 19.9 Å². The molecule has 0 aliphatic heterocycles. The van der Waals surface area contributed by atoms with E-state index in [4.69, 9.17) is 15.2 Å². The summed E-state index contributed by atoms with van der Waals surface area (Å²) >= 11 is 0. The molecule has 0 heterocycles. The van der Waals surface area contributed by atoms with Gasteiger partial charge in [0.1, 0.15) is 12.4 Å². The fourth-order valence-corrected chi connectivity index (χ4v) is 1.69. The Balaban J connectivity index is 2.37. The molecule has 3 nitrogen and oxygen atoms in total. The molecular weight excluding hydrogens is 226 g/mol. The van der Waals surface area contributed by atoms with Crippen molar-refractivity contribution in [1.29, 1.82) is 0 Å². The minimum absolute atomic E-state index is 0.145. The van der Waals surface area contributed by atoms with Crippen molar-refractivity contribution in [2.24, 2.45) is 11.7 Å². The van der Waals surface area contributed by atoms with Crippen molar-refractivity contribution in [2.75, 3.05) is 19.8 Å². The van der Waals surface area contributed by atoms with Gasteiger partial charge in [0.25, 0.3) is 0 Å². The first-order valence-corrected chi connectivity index (χ1v) is 6.63. The Kier molecular flexibility index (Phi) is 6.76. The van der Waals surface area contributed by atoms with Gasteiger partial charge in [0.2, 0.25) is 0 Å². The number of rotatable bonds is 8. The van der Waals surface area contributed by atoms with Gasteiger partial charge in [0.05, 0.1) is 6.61 Å². The molecule has 1 unspecified atom stereocenters. The minimum atomic E-state index is 0.145. The van der Waals surface area contributed by atoms with Crippen LogP contribution in [0.5, 0.6) is 5.75 Å². The Morgan fingerprint density at radius 3 is 2.50 bits per heavy atom. The first kappa shape index (κ1) is 15.0. The number of benzene rings is 1. The Hall–Kier alpha value is -1.06. The summed E-state index contributed by atoms with van der Waals surface area (Å²) in [6.07, 6.45) is 0.836. The molecule has 0 aliphatic carbocycles. The summed E-state index contributed by atoms with van der Waals surface area (Å²) in [5.41, 5.74) is 6.99. The van der Waals surface area contributed by atoms with Gasteiger partial charge < -0.3 is 15.2 Å². The Morgan fingerprint density at radius 2 is 1.83 bits per heavy atom. The highest BCUT2D eigenvalue weighted by Gasteiger charge is 2.05. The van der Waals surface area contributed by atoms with Crippen molar-refractivity contribution in [3.63, 3.8) is 0 Å². The van der Waals surface area contributed by atoms with Gasteiger partial charge >= 0.3 is 0 Å². The van der Waals surface area contributed by atoms with E-state index in [0.29, 0.717) is 19.1 Å². The Labute approximate surface area is 110 Å². The third-order valence-corrected chi connectivity index (χ3v) is 2.45. The van der Waals surface area contributed by atoms with Crippen LogP contribution in [-0.2, 0) is 11.2 Å². The zero-order valence-electron chi connectivity index (χ0n) is 11.7. The highest BCUT2D eigenvalue weighted by molar-refractivity contribution is 5.33. The predicted molar refractivity (Wildman–Crippen MR) is 74.9 cm³/mol. The number of ether oxygens (including phenoxy) is 2. The quantitative estimate of drug-likeness (QED) is 0.722. The maximum atomic E-state index is 5.82. The van der Waals surface area contributed by atoms with Crippen LogP contribution in [-0.4, -0.2) is 25.9 Å². The van der Waals surface area contributed by atoms with Crippen molar-refractivity contribution >= 4 is 0 Å². The maximum Gasteiger partial charge on any atom is 0.122 e. The molecule has 0 fully saturated rings. The molecule has 1 aromatic rings. The van der Waals surface area contributed by atoms with E-state index in [-0.39, 0.29) is 6.04 Å². The molecule has 0 radical (unpaired) electrons. The molecule has 0 saturated heterocycles. The van der Waals surface area contributed by atoms with E-state index in [0.717, 1.165) is 24.3 Å². The van der Waals surface area contributed by atoms with Crippen LogP contribution < -0.4 is 10.5 Å². The maximum absolute atomic E-state index is 5.82. The van der Waals surface area contributed by atoms with Crippen LogP contribution in [0, 0.1) is 5.92 Å². The Bertz CT molecular complexity index is 337. The van der Waals surface area contributed by atoms with Crippen LogP contribution in [0.4, 0.5) is 0 Å². The normalized spacial score (nSPS) is 12.7. The number of para-hydroxylation sites is 1. The minimum Gasteiger partial charge on any atom is -0.491 e. The molecule has 0 bridgehead atoms. The van der Waals surface area contributed by atoms with Crippen LogP contribution in [0.25, 0.3) is 0 Å². The average Bonchev–Trinajstić information content (AvgIpc) is 2.29. The predicted octanol–water partition coefficient (Wildman–Crippen LogP) is 2.63. The van der Waals surface area contributed by atoms with Crippen LogP contribution in [0.2, 0.25) is 0 Å². The lowest BCUT2D eigenvalue weighted by atomic mass is 10.1. The molecule has 0 aromatic heterocycles. The van der Waals surface area contributed by atoms with Crippen LogP contribution in [0.3, 0.4) is 0 Å². The van der Waals surface area contributed by atoms with Crippen LogP contribution >= 0.6 is 0 Å². The van der Waals surface area contributed by atoms with E-state index in [9.17, 15) is 0 Å². The summed E-state index contributed by atoms with van der Waals surface area (Å²) in [4.78, 5) is 0. The zero-order valence-corrected chi connectivity index (χ0v) is 11.7. The molecular formula is C15H25NO2. The standard InChI is InChI=1S/C15H25NO2/c1-12(2)11-17-8-9-18-15-7-5-4-6-14(15)10-13(3)16/h4-7,12-13H,8-11,16H2,1-3H3. The smallest absolute Gasteiger partial charge is 0.122 e. The average molecular weight is 251 g/mol. The first-order chi connectivity index (χ1) is 8.59. The van der Waals surface area contributed by atoms with Crippen molar-refractivity contribution in [3.8, 4) is 5.75 Å². The van der Waals surface area contributed by atoms with Crippen molar-refractivity contribution in [1.82, 2.24) is 0 Å². The highest BCUT2D eigenvalue weighted by atomic mass is 16.5. The van der Waals surface area contributed by atoms with Gasteiger partial charge in [0.15, 0.2) is 0 Å². The van der Waals surface area contributed by atoms with Crippen LogP contribution in [0.15, 0.2) is 24.3 Å². The van der Waals surface area contributed by atoms with Crippen molar-refractivity contribution in [3.05, 3.63) is 29.8 Å². The van der Waals surface area contributed by atoms with E-state index >= 15 is 0 Å². The second-order valence-electron chi connectivity index (χ2n) is 5.11. The van der Waals surface area contributed by atoms with E-state index in [1.54, 1.807) is 0 Å². The summed E-state index contributed by atoms with van der Waals surface area (Å²) in [6.45, 7) is 8.28. The van der Waals surface area contributed by atoms with Gasteiger partial charge in [-0.05, 0) is 30.9 Å². The van der Waals surface area contributed by atoms with Crippen molar-refractivity contribution < 1.29 is 9.47 Å². The van der Waals surface area contributed by atoms with E-state index < -0.39 is 0 Å². The van der Waals surface area contributed by atoms with Gasteiger partial charge in [-0.1, -0.05) is 32.0 Å². The first-order valence-electron chi connectivity index (χ1n) is 6.63. The van der Waals surface area contributed by atoms with Crippen molar-refractivity contribution in [2.45, 2.75) is 33.2 Å². The van der Waals surface area contributed by atoms with Gasteiger partial charge in [0, 0.05) is 12.6 Å². The Morgan fingerprint density at radius 1 is 1.11 bits per heavy atom. The molecule has 102 valence electrons. The summed E-state index contributed by atoms with van der Waals surface area (Å²) < 4.78 is 11.2. The second kappa shape index (κ2) is 8.11. The summed E-state index contributed by atoms with van der Waals surface area (Å²) in [7, 11) is 0.